The number of methoxy groups -OCH3 is 1. The van der Waals surface area contributed by atoms with Crippen LogP contribution in [0.5, 0.6) is 0 Å². The third-order valence-corrected chi connectivity index (χ3v) is 7.07. The lowest BCUT2D eigenvalue weighted by Crippen LogP contribution is -2.39. The molecule has 4 aromatic rings. The second kappa shape index (κ2) is 10.8. The SMILES string of the molecule is CCC(NC(=O)c1c(N2CCCC2C(=O)OC)c(-c2ccccc2)nc2ccccc12)c1ccccc1. The standard InChI is InChI=1S/C31H31N3O3/c1-3-24(21-13-6-4-7-14-21)33-30(35)27-23-17-10-11-18-25(23)32-28(22-15-8-5-9-16-22)29(27)34-20-12-19-26(34)31(36)37-2/h4-11,13-18,24,26H,3,12,19-20H2,1-2H3,(H,33,35). The Morgan fingerprint density at radius 3 is 2.38 bits per heavy atom. The van der Waals surface area contributed by atoms with Crippen LogP contribution in [-0.4, -0.2) is 36.6 Å². The molecule has 0 saturated carbocycles. The molecule has 0 spiro atoms. The highest BCUT2D eigenvalue weighted by Gasteiger charge is 2.37. The number of carbonyl (C=O) groups is 2. The minimum absolute atomic E-state index is 0.149. The normalized spacial score (nSPS) is 15.9. The van der Waals surface area contributed by atoms with Gasteiger partial charge in [-0.25, -0.2) is 9.78 Å². The van der Waals surface area contributed by atoms with Crippen molar-refractivity contribution in [1.82, 2.24) is 10.3 Å². The molecule has 6 nitrogen and oxygen atoms in total. The molecule has 1 aromatic heterocycles. The van der Waals surface area contributed by atoms with Gasteiger partial charge in [0, 0.05) is 17.5 Å². The summed E-state index contributed by atoms with van der Waals surface area (Å²) in [7, 11) is 1.41. The van der Waals surface area contributed by atoms with Crippen molar-refractivity contribution in [2.75, 3.05) is 18.6 Å². The van der Waals surface area contributed by atoms with Gasteiger partial charge in [0.05, 0.1) is 35.6 Å². The summed E-state index contributed by atoms with van der Waals surface area (Å²) in [5.74, 6) is -0.483. The highest BCUT2D eigenvalue weighted by Crippen LogP contribution is 2.40. The lowest BCUT2D eigenvalue weighted by atomic mass is 9.97. The number of hydrogen-bond donors (Lipinski definition) is 1. The van der Waals surface area contributed by atoms with E-state index < -0.39 is 6.04 Å². The molecule has 2 atom stereocenters. The second-order valence-corrected chi connectivity index (χ2v) is 9.29. The van der Waals surface area contributed by atoms with Gasteiger partial charge in [-0.05, 0) is 30.9 Å². The van der Waals surface area contributed by atoms with E-state index in [1.807, 2.05) is 89.8 Å². The van der Waals surface area contributed by atoms with Gasteiger partial charge in [0.1, 0.15) is 6.04 Å². The van der Waals surface area contributed by atoms with Gasteiger partial charge in [-0.2, -0.15) is 0 Å². The van der Waals surface area contributed by atoms with E-state index in [1.165, 1.54) is 7.11 Å². The van der Waals surface area contributed by atoms with Gasteiger partial charge in [-0.1, -0.05) is 85.8 Å². The average molecular weight is 494 g/mol. The minimum Gasteiger partial charge on any atom is -0.467 e. The molecule has 1 N–H and O–H groups in total. The number of rotatable bonds is 7. The monoisotopic (exact) mass is 493 g/mol. The van der Waals surface area contributed by atoms with Gasteiger partial charge >= 0.3 is 5.97 Å². The third-order valence-electron chi connectivity index (χ3n) is 7.07. The summed E-state index contributed by atoms with van der Waals surface area (Å²) in [5, 5.41) is 4.04. The maximum atomic E-state index is 14.2. The van der Waals surface area contributed by atoms with Crippen LogP contribution < -0.4 is 10.2 Å². The van der Waals surface area contributed by atoms with Gasteiger partial charge in [-0.3, -0.25) is 4.79 Å². The van der Waals surface area contributed by atoms with Crippen molar-refractivity contribution in [2.45, 2.75) is 38.3 Å². The van der Waals surface area contributed by atoms with Crippen LogP contribution in [0.1, 0.15) is 48.1 Å². The van der Waals surface area contributed by atoms with Gasteiger partial charge in [-0.15, -0.1) is 0 Å². The first kappa shape index (κ1) is 24.5. The number of nitrogens with one attached hydrogen (secondary N) is 1. The van der Waals surface area contributed by atoms with Crippen LogP contribution in [0, 0.1) is 0 Å². The summed E-state index contributed by atoms with van der Waals surface area (Å²) >= 11 is 0. The molecule has 3 aromatic carbocycles. The van der Waals surface area contributed by atoms with E-state index in [-0.39, 0.29) is 17.9 Å². The minimum atomic E-state index is -0.474. The lowest BCUT2D eigenvalue weighted by Gasteiger charge is -2.30. The number of nitrogens with zero attached hydrogens (tertiary/aromatic N) is 2. The van der Waals surface area contributed by atoms with Crippen LogP contribution in [0.4, 0.5) is 5.69 Å². The maximum Gasteiger partial charge on any atom is 0.328 e. The van der Waals surface area contributed by atoms with Crippen LogP contribution in [0.2, 0.25) is 0 Å². The number of hydrogen-bond acceptors (Lipinski definition) is 5. The molecule has 0 radical (unpaired) electrons. The zero-order valence-corrected chi connectivity index (χ0v) is 21.2. The topological polar surface area (TPSA) is 71.5 Å². The molecule has 1 fully saturated rings. The van der Waals surface area contributed by atoms with E-state index >= 15 is 0 Å². The highest BCUT2D eigenvalue weighted by atomic mass is 16.5. The van der Waals surface area contributed by atoms with Crippen molar-refractivity contribution in [2.24, 2.45) is 0 Å². The van der Waals surface area contributed by atoms with Gasteiger partial charge in [0.25, 0.3) is 5.91 Å². The average Bonchev–Trinajstić information content (AvgIpc) is 3.45. The van der Waals surface area contributed by atoms with Crippen LogP contribution in [-0.2, 0) is 9.53 Å². The molecule has 37 heavy (non-hydrogen) atoms. The first-order chi connectivity index (χ1) is 18.1. The molecule has 1 aliphatic rings. The Balaban J connectivity index is 1.73. The molecule has 2 unspecified atom stereocenters. The van der Waals surface area contributed by atoms with Crippen LogP contribution in [0.25, 0.3) is 22.2 Å². The van der Waals surface area contributed by atoms with E-state index in [0.29, 0.717) is 29.9 Å². The molecule has 2 heterocycles. The number of anilines is 1. The zero-order valence-electron chi connectivity index (χ0n) is 21.2. The Morgan fingerprint density at radius 1 is 1.00 bits per heavy atom. The van der Waals surface area contributed by atoms with Crippen LogP contribution in [0.15, 0.2) is 84.9 Å². The molecule has 188 valence electrons. The number of fused-ring (bicyclic) bond motifs is 1. The lowest BCUT2D eigenvalue weighted by molar-refractivity contribution is -0.141. The largest absolute Gasteiger partial charge is 0.467 e. The first-order valence-corrected chi connectivity index (χ1v) is 12.8. The van der Waals surface area contributed by atoms with E-state index in [0.717, 1.165) is 34.9 Å². The molecule has 0 aliphatic carbocycles. The quantitative estimate of drug-likeness (QED) is 0.323. The second-order valence-electron chi connectivity index (χ2n) is 9.29. The molecule has 1 amide bonds. The van der Waals surface area contributed by atoms with E-state index in [2.05, 4.69) is 12.2 Å². The maximum absolute atomic E-state index is 14.2. The summed E-state index contributed by atoms with van der Waals surface area (Å²) in [4.78, 5) is 34.1. The Labute approximate surface area is 217 Å². The number of carbonyl (C=O) groups excluding carboxylic acids is 2. The predicted molar refractivity (Wildman–Crippen MR) is 147 cm³/mol. The molecule has 6 heteroatoms. The number of pyridine rings is 1. The van der Waals surface area contributed by atoms with Crippen molar-refractivity contribution < 1.29 is 14.3 Å². The van der Waals surface area contributed by atoms with Crippen LogP contribution >= 0.6 is 0 Å². The fraction of sp³-hybridized carbons (Fsp3) is 0.258. The summed E-state index contributed by atoms with van der Waals surface area (Å²) in [6.45, 7) is 2.70. The van der Waals surface area contributed by atoms with Crippen molar-refractivity contribution in [3.63, 3.8) is 0 Å². The fourth-order valence-electron chi connectivity index (χ4n) is 5.26. The summed E-state index contributed by atoms with van der Waals surface area (Å²) < 4.78 is 5.16. The fourth-order valence-corrected chi connectivity index (χ4v) is 5.26. The Hall–Kier alpha value is -4.19. The summed E-state index contributed by atoms with van der Waals surface area (Å²) in [6, 6.07) is 26.9. The number of esters is 1. The number of benzene rings is 3. The van der Waals surface area contributed by atoms with Gasteiger partial charge in [0.15, 0.2) is 0 Å². The summed E-state index contributed by atoms with van der Waals surface area (Å²) in [6.07, 6.45) is 2.23. The zero-order chi connectivity index (χ0) is 25.8. The Bertz CT molecular complexity index is 1410. The summed E-state index contributed by atoms with van der Waals surface area (Å²) in [5.41, 5.74) is 4.58. The van der Waals surface area contributed by atoms with Crippen LogP contribution in [0.3, 0.4) is 0 Å². The van der Waals surface area contributed by atoms with Crippen molar-refractivity contribution in [1.29, 1.82) is 0 Å². The number of ether oxygens (including phenoxy) is 1. The van der Waals surface area contributed by atoms with Gasteiger partial charge in [0.2, 0.25) is 0 Å². The highest BCUT2D eigenvalue weighted by molar-refractivity contribution is 6.14. The molecular formula is C31H31N3O3. The molecule has 0 bridgehead atoms. The number of amides is 1. The third kappa shape index (κ3) is 4.79. The predicted octanol–water partition coefficient (Wildman–Crippen LogP) is 5.92. The van der Waals surface area contributed by atoms with E-state index in [9.17, 15) is 9.59 Å². The number of para-hydroxylation sites is 1. The Morgan fingerprint density at radius 2 is 1.68 bits per heavy atom. The smallest absolute Gasteiger partial charge is 0.328 e. The molecule has 1 saturated heterocycles. The van der Waals surface area contributed by atoms with Crippen molar-refractivity contribution in [3.8, 4) is 11.3 Å². The Kier molecular flexibility index (Phi) is 7.17. The number of aromatic nitrogens is 1. The molecule has 5 rings (SSSR count). The van der Waals surface area contributed by atoms with E-state index in [4.69, 9.17) is 9.72 Å². The van der Waals surface area contributed by atoms with Crippen molar-refractivity contribution in [3.05, 3.63) is 96.1 Å². The van der Waals surface area contributed by atoms with E-state index in [1.54, 1.807) is 0 Å². The molecule has 1 aliphatic heterocycles. The van der Waals surface area contributed by atoms with Crippen molar-refractivity contribution >= 4 is 28.5 Å². The molecular weight excluding hydrogens is 462 g/mol. The van der Waals surface area contributed by atoms with Gasteiger partial charge < -0.3 is 15.0 Å². The first-order valence-electron chi connectivity index (χ1n) is 12.8.